The van der Waals surface area contributed by atoms with Crippen LogP contribution in [0.15, 0.2) is 229 Å². The van der Waals surface area contributed by atoms with Gasteiger partial charge in [0.15, 0.2) is 57.8 Å². The molecule has 0 radical (unpaired) electrons. The number of benzene rings is 10. The minimum Gasteiger partial charge on any atom is -0.497 e. The summed E-state index contributed by atoms with van der Waals surface area (Å²) in [6.45, 7) is 6.06. The van der Waals surface area contributed by atoms with Gasteiger partial charge in [-0.25, -0.2) is 0 Å². The molecule has 20 rings (SSSR count). The third-order valence-electron chi connectivity index (χ3n) is 19.6. The fourth-order valence-corrected chi connectivity index (χ4v) is 25.5. The van der Waals surface area contributed by atoms with Crippen LogP contribution in [-0.2, 0) is 6.18 Å². The van der Waals surface area contributed by atoms with Crippen molar-refractivity contribution < 1.29 is 65.9 Å². The lowest BCUT2D eigenvalue weighted by Crippen LogP contribution is -2.12. The van der Waals surface area contributed by atoms with Crippen LogP contribution >= 0.6 is 203 Å². The van der Waals surface area contributed by atoms with Crippen molar-refractivity contribution in [1.29, 1.82) is 0 Å². The highest BCUT2D eigenvalue weighted by Gasteiger charge is 2.33. The molecule has 0 atom stereocenters. The minimum atomic E-state index is -4.38. The van der Waals surface area contributed by atoms with E-state index < -0.39 is 11.7 Å². The lowest BCUT2D eigenvalue weighted by atomic mass is 10.0. The van der Waals surface area contributed by atoms with Gasteiger partial charge in [0, 0.05) is 239 Å². The summed E-state index contributed by atoms with van der Waals surface area (Å²) in [5.41, 5.74) is 10.5. The number of Topliss-reactive ketones (excluding diaryl/α,β-unsaturated/α-hetero) is 10. The van der Waals surface area contributed by atoms with E-state index in [1.807, 2.05) is 142 Å². The summed E-state index contributed by atoms with van der Waals surface area (Å²) in [6.07, 6.45) is 1.88. The quantitative estimate of drug-likeness (QED) is 0.141. The molecule has 10 aliphatic heterocycles. The van der Waals surface area contributed by atoms with Crippen LogP contribution in [0.5, 0.6) is 5.75 Å². The SMILES string of the molecule is COc1ccc2c(c1)SCCC2=O.Cc1ccc(Cl)c2c1SCCC2=O.Cc1ccc2c(c1)C(=O)CCS2.Cc1ccc2c(c1)C(=O)CCS2.O=C1CCSc2c(Cl)cc(Cl)cc21.O=C1CCSc2ccc(Br)cc21.O=C1CCSc2ccc(C(F)(F)F)cc21.O=C1CCSc2ccc(Cl)cc21.O=C1CCSc2ccc(I)cc21.O=C1CCSc2ccccc21. The molecule has 0 aromatic heterocycles. The number of rotatable bonds is 1. The second-order valence-corrected chi connectivity index (χ2v) is 43.7. The van der Waals surface area contributed by atoms with Gasteiger partial charge in [-0.15, -0.1) is 118 Å². The number of ether oxygens (including phenoxy) is 1. The summed E-state index contributed by atoms with van der Waals surface area (Å²) in [5, 5.41) is 2.35. The van der Waals surface area contributed by atoms with Crippen molar-refractivity contribution in [1.82, 2.24) is 0 Å². The fraction of sp³-hybridized carbons (Fsp3) is 0.263. The number of hydrogen-bond donors (Lipinski definition) is 0. The average Bonchev–Trinajstić information content (AvgIpc) is 0.809. The Bertz CT molecular complexity index is 5410. The molecule has 0 unspecified atom stereocenters. The summed E-state index contributed by atoms with van der Waals surface area (Å²) in [4.78, 5) is 125. The summed E-state index contributed by atoms with van der Waals surface area (Å²) in [7, 11) is 1.64. The topological polar surface area (TPSA) is 180 Å². The Morgan fingerprint density at radius 2 is 0.688 bits per heavy atom. The summed E-state index contributed by atoms with van der Waals surface area (Å²) >= 11 is 46.2. The predicted molar refractivity (Wildman–Crippen MR) is 527 cm³/mol. The van der Waals surface area contributed by atoms with Gasteiger partial charge in [-0.05, 0) is 188 Å². The lowest BCUT2D eigenvalue weighted by molar-refractivity contribution is -0.137. The molecule has 11 nitrogen and oxygen atoms in total. The maximum atomic E-state index is 12.4. The van der Waals surface area contributed by atoms with E-state index in [1.54, 1.807) is 137 Å². The van der Waals surface area contributed by atoms with Gasteiger partial charge in [-0.1, -0.05) is 110 Å². The number of alkyl halides is 3. The first kappa shape index (κ1) is 99.9. The van der Waals surface area contributed by atoms with Crippen molar-refractivity contribution in [3.63, 3.8) is 0 Å². The van der Waals surface area contributed by atoms with E-state index in [2.05, 4.69) is 50.7 Å². The van der Waals surface area contributed by atoms with E-state index >= 15 is 0 Å². The number of fused-ring (bicyclic) bond motifs is 10. The Hall–Kier alpha value is -5.64. The molecular formula is C95H81BrCl4F3IO11S10. The number of carbonyl (C=O) groups is 10. The molecule has 0 saturated heterocycles. The van der Waals surface area contributed by atoms with Crippen molar-refractivity contribution in [2.75, 3.05) is 64.6 Å². The highest BCUT2D eigenvalue weighted by atomic mass is 127. The van der Waals surface area contributed by atoms with Crippen LogP contribution in [0.25, 0.3) is 0 Å². The Kier molecular flexibility index (Phi) is 38.8. The van der Waals surface area contributed by atoms with Gasteiger partial charge in [0.1, 0.15) is 5.75 Å². The number of aryl methyl sites for hydroxylation is 3. The molecule has 0 amide bonds. The van der Waals surface area contributed by atoms with E-state index in [-0.39, 0.29) is 40.3 Å². The van der Waals surface area contributed by atoms with Gasteiger partial charge < -0.3 is 4.74 Å². The van der Waals surface area contributed by atoms with Gasteiger partial charge in [0.25, 0.3) is 0 Å². The van der Waals surface area contributed by atoms with Crippen molar-refractivity contribution in [3.05, 3.63) is 282 Å². The highest BCUT2D eigenvalue weighted by Crippen LogP contribution is 2.43. The lowest BCUT2D eigenvalue weighted by Gasteiger charge is -2.17. The number of thioether (sulfide) groups is 10. The van der Waals surface area contributed by atoms with Crippen molar-refractivity contribution in [2.45, 2.75) is 140 Å². The maximum Gasteiger partial charge on any atom is 0.416 e. The van der Waals surface area contributed by atoms with Gasteiger partial charge in [-0.2, -0.15) is 13.2 Å². The molecule has 0 fully saturated rings. The minimum absolute atomic E-state index is 0.137. The normalized spacial score (nSPS) is 15.9. The third kappa shape index (κ3) is 28.4. The molecule has 0 spiro atoms. The van der Waals surface area contributed by atoms with E-state index in [4.69, 9.17) is 51.1 Å². The van der Waals surface area contributed by atoms with Crippen LogP contribution in [0.3, 0.4) is 0 Å². The molecule has 0 saturated carbocycles. The molecule has 10 heterocycles. The molecule has 10 aromatic rings. The van der Waals surface area contributed by atoms with Crippen molar-refractivity contribution in [3.8, 4) is 5.75 Å². The first-order valence-corrected chi connectivity index (χ1v) is 52.6. The first-order chi connectivity index (χ1) is 59.9. The van der Waals surface area contributed by atoms with E-state index in [0.29, 0.717) is 124 Å². The van der Waals surface area contributed by atoms with Gasteiger partial charge in [0.2, 0.25) is 0 Å². The second kappa shape index (κ2) is 48.5. The predicted octanol–water partition coefficient (Wildman–Crippen LogP) is 29.6. The second-order valence-electron chi connectivity index (χ2n) is 28.5. The number of hydrogen-bond acceptors (Lipinski definition) is 21. The van der Waals surface area contributed by atoms with E-state index in [1.165, 1.54) is 29.0 Å². The first-order valence-electron chi connectivity index (χ1n) is 39.4. The van der Waals surface area contributed by atoms with Gasteiger partial charge >= 0.3 is 6.18 Å². The number of methoxy groups -OCH3 is 1. The fourth-order valence-electron chi connectivity index (χ4n) is 13.2. The Morgan fingerprint density at radius 1 is 0.320 bits per heavy atom. The van der Waals surface area contributed by atoms with Crippen LogP contribution < -0.4 is 4.74 Å². The van der Waals surface area contributed by atoms with Crippen molar-refractivity contribution in [2.24, 2.45) is 0 Å². The molecule has 0 aliphatic carbocycles. The Morgan fingerprint density at radius 3 is 1.17 bits per heavy atom. The molecule has 125 heavy (non-hydrogen) atoms. The Labute approximate surface area is 810 Å². The molecular weight excluding hydrogens is 2040 g/mol. The summed E-state index contributed by atoms with van der Waals surface area (Å²) in [5.74, 6) is 11.7. The molecule has 0 N–H and O–H groups in total. The van der Waals surface area contributed by atoms with Crippen LogP contribution in [0.2, 0.25) is 20.1 Å². The zero-order valence-electron chi connectivity index (χ0n) is 67.9. The third-order valence-corrected chi connectivity index (χ3v) is 32.9. The van der Waals surface area contributed by atoms with E-state index in [0.717, 1.165) is 172 Å². The maximum absolute atomic E-state index is 12.4. The largest absolute Gasteiger partial charge is 0.497 e. The van der Waals surface area contributed by atoms with Crippen LogP contribution in [0.4, 0.5) is 13.2 Å². The van der Waals surface area contributed by atoms with Gasteiger partial charge in [-0.3, -0.25) is 47.9 Å². The Balaban J connectivity index is 0.000000135. The molecule has 10 aromatic carbocycles. The zero-order valence-corrected chi connectivity index (χ0v) is 82.8. The molecule has 30 heteroatoms. The number of halogens is 9. The standard InChI is InChI=1S/C10H9ClOS.C10H7F3OS.C10H10O2S.2C10H10OS.C9H7BrOS.C9H6Cl2OS.C9H7ClOS.C9H7IOS.C9H8OS/c1-6-2-3-7(11)9-8(12)4-5-13-10(6)9;11-10(12,13)6-1-2-9-7(5-6)8(14)3-4-15-9;1-12-7-2-3-8-9(11)4-5-13-10(8)6-7;2*1-7-2-3-10-8(6-7)9(11)4-5-12-10;10-6-1-2-9-7(5-6)8(11)3-4-12-9;10-5-3-6-8(12)1-2-13-9(6)7(11)4-5;2*10-6-1-2-9-7(5-6)8(11)3-4-12-9;10-8-5-6-11-9-4-2-1-3-7(8)9/h2-3H,4-5H2,1H3;1-2,5H,3-4H2;2-3,6H,4-5H2,1H3;2*2-3,6H,4-5H2,1H3;1-2,5H,3-4H2;3-4H,1-2H2;2*1-2,5H,3-4H2;1-4H,5-6H2. The average molecular weight is 2120 g/mol. The molecule has 650 valence electrons. The molecule has 10 aliphatic rings. The monoisotopic (exact) mass is 2120 g/mol. The summed E-state index contributed by atoms with van der Waals surface area (Å²) in [6, 6.07) is 53.5. The van der Waals surface area contributed by atoms with Crippen molar-refractivity contribution >= 4 is 260 Å². The zero-order chi connectivity index (χ0) is 89.6. The molecule has 0 bridgehead atoms. The number of ketones is 10. The van der Waals surface area contributed by atoms with Crippen LogP contribution in [0.1, 0.15) is 190 Å². The highest BCUT2D eigenvalue weighted by molar-refractivity contribution is 14.1. The summed E-state index contributed by atoms with van der Waals surface area (Å²) < 4.78 is 44.3. The number of carbonyl (C=O) groups excluding carboxylic acids is 10. The van der Waals surface area contributed by atoms with Crippen LogP contribution in [-0.4, -0.2) is 122 Å². The van der Waals surface area contributed by atoms with Gasteiger partial charge in [0.05, 0.1) is 28.3 Å². The van der Waals surface area contributed by atoms with E-state index in [9.17, 15) is 61.1 Å². The smallest absolute Gasteiger partial charge is 0.416 e. The van der Waals surface area contributed by atoms with Crippen LogP contribution in [0, 0.1) is 24.3 Å².